The molecule has 2 rings (SSSR count). The first-order valence-corrected chi connectivity index (χ1v) is 4.21. The number of anilines is 1. The van der Waals surface area contributed by atoms with Gasteiger partial charge in [-0.2, -0.15) is 0 Å². The van der Waals surface area contributed by atoms with Crippen LogP contribution in [0.15, 0.2) is 18.2 Å². The molecule has 0 fully saturated rings. The lowest BCUT2D eigenvalue weighted by molar-refractivity contribution is -0.116. The highest BCUT2D eigenvalue weighted by Crippen LogP contribution is 2.34. The Morgan fingerprint density at radius 1 is 1.46 bits per heavy atom. The van der Waals surface area contributed by atoms with E-state index in [1.807, 2.05) is 25.1 Å². The molecule has 3 heteroatoms. The average Bonchev–Trinajstić information content (AvgIpc) is 2.42. The zero-order chi connectivity index (χ0) is 9.42. The fourth-order valence-corrected chi connectivity index (χ4v) is 1.53. The first-order valence-electron chi connectivity index (χ1n) is 4.21. The van der Waals surface area contributed by atoms with E-state index >= 15 is 0 Å². The second-order valence-electron chi connectivity index (χ2n) is 3.16. The molecule has 13 heavy (non-hydrogen) atoms. The van der Waals surface area contributed by atoms with Crippen molar-refractivity contribution < 1.29 is 9.53 Å². The van der Waals surface area contributed by atoms with Crippen LogP contribution in [-0.2, 0) is 4.79 Å². The molecular weight excluding hydrogens is 166 g/mol. The molecule has 0 radical (unpaired) electrons. The molecule has 0 saturated heterocycles. The summed E-state index contributed by atoms with van der Waals surface area (Å²) >= 11 is 0. The number of carbonyl (C=O) groups is 1. The first-order chi connectivity index (χ1) is 6.22. The number of carbonyl (C=O) groups excluding carboxylic acids is 1. The second-order valence-corrected chi connectivity index (χ2v) is 3.16. The van der Waals surface area contributed by atoms with E-state index in [4.69, 9.17) is 4.74 Å². The Hall–Kier alpha value is -1.51. The molecule has 0 unspecified atom stereocenters. The van der Waals surface area contributed by atoms with Crippen LogP contribution in [0.25, 0.3) is 0 Å². The minimum Gasteiger partial charge on any atom is -0.497 e. The predicted molar refractivity (Wildman–Crippen MR) is 50.0 cm³/mol. The monoisotopic (exact) mass is 177 g/mol. The number of hydrogen-bond acceptors (Lipinski definition) is 2. The first kappa shape index (κ1) is 8.10. The van der Waals surface area contributed by atoms with Crippen LogP contribution in [0.4, 0.5) is 5.69 Å². The van der Waals surface area contributed by atoms with Crippen LogP contribution in [0, 0.1) is 0 Å². The third-order valence-electron chi connectivity index (χ3n) is 2.38. The number of hydrogen-bond donors (Lipinski definition) is 1. The lowest BCUT2D eigenvalue weighted by Gasteiger charge is -2.03. The topological polar surface area (TPSA) is 38.3 Å². The highest BCUT2D eigenvalue weighted by molar-refractivity contribution is 6.02. The fourth-order valence-electron chi connectivity index (χ4n) is 1.53. The lowest BCUT2D eigenvalue weighted by atomic mass is 10.0. The molecule has 1 aromatic rings. The number of nitrogens with one attached hydrogen (secondary N) is 1. The Bertz CT molecular complexity index is 360. The summed E-state index contributed by atoms with van der Waals surface area (Å²) in [5.41, 5.74) is 1.92. The number of benzene rings is 1. The molecule has 0 bridgehead atoms. The molecule has 68 valence electrons. The minimum atomic E-state index is -0.0408. The molecule has 0 saturated carbocycles. The quantitative estimate of drug-likeness (QED) is 0.709. The Morgan fingerprint density at radius 3 is 2.92 bits per heavy atom. The third kappa shape index (κ3) is 1.16. The van der Waals surface area contributed by atoms with Gasteiger partial charge in [-0.05, 0) is 18.6 Å². The van der Waals surface area contributed by atoms with E-state index in [0.29, 0.717) is 0 Å². The van der Waals surface area contributed by atoms with Crippen molar-refractivity contribution in [1.82, 2.24) is 0 Å². The summed E-state index contributed by atoms with van der Waals surface area (Å²) in [7, 11) is 1.61. The molecule has 0 spiro atoms. The average molecular weight is 177 g/mol. The third-order valence-corrected chi connectivity index (χ3v) is 2.38. The van der Waals surface area contributed by atoms with E-state index in [9.17, 15) is 4.79 Å². The van der Waals surface area contributed by atoms with Crippen molar-refractivity contribution in [3.05, 3.63) is 23.8 Å². The number of rotatable bonds is 1. The molecule has 1 aliphatic rings. The number of methoxy groups -OCH3 is 1. The molecule has 3 nitrogen and oxygen atoms in total. The van der Waals surface area contributed by atoms with Crippen molar-refractivity contribution in [3.63, 3.8) is 0 Å². The number of ether oxygens (including phenoxy) is 1. The van der Waals surface area contributed by atoms with Gasteiger partial charge >= 0.3 is 0 Å². The van der Waals surface area contributed by atoms with Crippen LogP contribution in [0.3, 0.4) is 0 Å². The SMILES string of the molecule is COc1ccc2c(c1)NC(=O)[C@H]2C. The summed E-state index contributed by atoms with van der Waals surface area (Å²) in [6.45, 7) is 1.90. The highest BCUT2D eigenvalue weighted by Gasteiger charge is 2.26. The van der Waals surface area contributed by atoms with Crippen molar-refractivity contribution in [2.24, 2.45) is 0 Å². The summed E-state index contributed by atoms with van der Waals surface area (Å²) in [5.74, 6) is 0.789. The zero-order valence-corrected chi connectivity index (χ0v) is 7.63. The van der Waals surface area contributed by atoms with E-state index in [1.54, 1.807) is 7.11 Å². The molecule has 1 N–H and O–H groups in total. The molecule has 1 heterocycles. The standard InChI is InChI=1S/C10H11NO2/c1-6-8-4-3-7(13-2)5-9(8)11-10(6)12/h3-6H,1-2H3,(H,11,12)/t6-/m0/s1. The Kier molecular flexibility index (Phi) is 1.72. The Labute approximate surface area is 76.7 Å². The summed E-state index contributed by atoms with van der Waals surface area (Å²) < 4.78 is 5.06. The van der Waals surface area contributed by atoms with E-state index < -0.39 is 0 Å². The number of fused-ring (bicyclic) bond motifs is 1. The van der Waals surface area contributed by atoms with Crippen LogP contribution in [-0.4, -0.2) is 13.0 Å². The lowest BCUT2D eigenvalue weighted by Crippen LogP contribution is -2.08. The van der Waals surface area contributed by atoms with Gasteiger partial charge in [0.2, 0.25) is 5.91 Å². The molecular formula is C10H11NO2. The molecule has 1 atom stereocenters. The molecule has 1 aromatic carbocycles. The predicted octanol–water partition coefficient (Wildman–Crippen LogP) is 1.75. The summed E-state index contributed by atoms with van der Waals surface area (Å²) in [6.07, 6.45) is 0. The second kappa shape index (κ2) is 2.76. The Morgan fingerprint density at radius 2 is 2.23 bits per heavy atom. The van der Waals surface area contributed by atoms with Crippen molar-refractivity contribution in [2.45, 2.75) is 12.8 Å². The van der Waals surface area contributed by atoms with Gasteiger partial charge in [0.15, 0.2) is 0 Å². The van der Waals surface area contributed by atoms with E-state index in [0.717, 1.165) is 17.0 Å². The van der Waals surface area contributed by atoms with E-state index in [1.165, 1.54) is 0 Å². The van der Waals surface area contributed by atoms with Crippen LogP contribution in [0.1, 0.15) is 18.4 Å². The van der Waals surface area contributed by atoms with Crippen molar-refractivity contribution >= 4 is 11.6 Å². The van der Waals surface area contributed by atoms with E-state index in [-0.39, 0.29) is 11.8 Å². The summed E-state index contributed by atoms with van der Waals surface area (Å²) in [6, 6.07) is 5.64. The van der Waals surface area contributed by atoms with Crippen LogP contribution in [0.5, 0.6) is 5.75 Å². The van der Waals surface area contributed by atoms with Gasteiger partial charge in [0.25, 0.3) is 0 Å². The van der Waals surface area contributed by atoms with Gasteiger partial charge in [-0.3, -0.25) is 4.79 Å². The molecule has 1 aliphatic heterocycles. The largest absolute Gasteiger partial charge is 0.497 e. The normalized spacial score (nSPS) is 19.5. The van der Waals surface area contributed by atoms with Crippen LogP contribution >= 0.6 is 0 Å². The van der Waals surface area contributed by atoms with Gasteiger partial charge in [0.1, 0.15) is 5.75 Å². The maximum absolute atomic E-state index is 11.3. The molecule has 0 aromatic heterocycles. The van der Waals surface area contributed by atoms with Gasteiger partial charge in [-0.15, -0.1) is 0 Å². The summed E-state index contributed by atoms with van der Waals surface area (Å²) in [4.78, 5) is 11.3. The van der Waals surface area contributed by atoms with Crippen molar-refractivity contribution in [2.75, 3.05) is 12.4 Å². The summed E-state index contributed by atoms with van der Waals surface area (Å²) in [5, 5.41) is 2.80. The molecule has 0 aliphatic carbocycles. The van der Waals surface area contributed by atoms with Crippen LogP contribution in [0.2, 0.25) is 0 Å². The fraction of sp³-hybridized carbons (Fsp3) is 0.300. The van der Waals surface area contributed by atoms with Gasteiger partial charge in [-0.1, -0.05) is 6.07 Å². The van der Waals surface area contributed by atoms with Gasteiger partial charge in [0.05, 0.1) is 13.0 Å². The maximum atomic E-state index is 11.3. The van der Waals surface area contributed by atoms with Crippen molar-refractivity contribution in [3.8, 4) is 5.75 Å². The molecule has 1 amide bonds. The van der Waals surface area contributed by atoms with Gasteiger partial charge in [-0.25, -0.2) is 0 Å². The van der Waals surface area contributed by atoms with Crippen LogP contribution < -0.4 is 10.1 Å². The zero-order valence-electron chi connectivity index (χ0n) is 7.63. The van der Waals surface area contributed by atoms with E-state index in [2.05, 4.69) is 5.32 Å². The van der Waals surface area contributed by atoms with Crippen molar-refractivity contribution in [1.29, 1.82) is 0 Å². The number of amides is 1. The van der Waals surface area contributed by atoms with Gasteiger partial charge in [0, 0.05) is 11.8 Å². The highest BCUT2D eigenvalue weighted by atomic mass is 16.5. The smallest absolute Gasteiger partial charge is 0.231 e. The van der Waals surface area contributed by atoms with Gasteiger partial charge < -0.3 is 10.1 Å². The minimum absolute atomic E-state index is 0.0408. The maximum Gasteiger partial charge on any atom is 0.231 e. The Balaban J connectivity index is 2.46.